The molecular weight excluding hydrogens is 476 g/mol. The van der Waals surface area contributed by atoms with Gasteiger partial charge in [0.2, 0.25) is 11.7 Å². The Bertz CT molecular complexity index is 1240. The number of likely N-dealkylation sites (N-methyl/N-ethyl adjacent to an activating group) is 1. The standard InChI is InChI=1S/C28H30N2O5S/c1-19-7-4-5-8-22(19)35-17-16-34-21-12-10-20(11-13-21)25-24(26(31)23-9-6-18-36-23)27(32)28(33)30(25)15-14-29(2)3/h4-13,18,25,32H,14-17H2,1-3H3. The van der Waals surface area contributed by atoms with Crippen molar-refractivity contribution in [2.45, 2.75) is 13.0 Å². The van der Waals surface area contributed by atoms with Crippen LogP contribution in [0.3, 0.4) is 0 Å². The monoisotopic (exact) mass is 506 g/mol. The van der Waals surface area contributed by atoms with E-state index in [9.17, 15) is 14.7 Å². The van der Waals surface area contributed by atoms with Crippen LogP contribution in [0, 0.1) is 6.92 Å². The fourth-order valence-corrected chi connectivity index (χ4v) is 4.79. The average molecular weight is 507 g/mol. The molecule has 7 nitrogen and oxygen atoms in total. The molecule has 2 aromatic carbocycles. The van der Waals surface area contributed by atoms with Gasteiger partial charge < -0.3 is 24.4 Å². The van der Waals surface area contributed by atoms with E-state index in [1.54, 1.807) is 29.6 Å². The third kappa shape index (κ3) is 5.61. The van der Waals surface area contributed by atoms with Gasteiger partial charge in [0.25, 0.3) is 0 Å². The Labute approximate surface area is 215 Å². The third-order valence-corrected chi connectivity index (χ3v) is 6.89. The molecule has 1 aromatic heterocycles. The molecule has 0 aliphatic carbocycles. The fraction of sp³-hybridized carbons (Fsp3) is 0.286. The van der Waals surface area contributed by atoms with Crippen LogP contribution in [0.2, 0.25) is 0 Å². The number of para-hydroxylation sites is 1. The number of hydrogen-bond donors (Lipinski definition) is 1. The van der Waals surface area contributed by atoms with Crippen molar-refractivity contribution in [3.8, 4) is 11.5 Å². The Morgan fingerprint density at radius 2 is 1.75 bits per heavy atom. The van der Waals surface area contributed by atoms with E-state index in [2.05, 4.69) is 0 Å². The van der Waals surface area contributed by atoms with Crippen LogP contribution in [-0.2, 0) is 4.79 Å². The summed E-state index contributed by atoms with van der Waals surface area (Å²) < 4.78 is 11.6. The van der Waals surface area contributed by atoms with Crippen LogP contribution in [0.15, 0.2) is 77.4 Å². The Morgan fingerprint density at radius 1 is 1.03 bits per heavy atom. The maximum Gasteiger partial charge on any atom is 0.240 e. The molecule has 0 saturated carbocycles. The van der Waals surface area contributed by atoms with Crippen molar-refractivity contribution >= 4 is 23.0 Å². The number of nitrogens with one attached hydrogen (secondary N) is 1. The third-order valence-electron chi connectivity index (χ3n) is 6.03. The van der Waals surface area contributed by atoms with Crippen LogP contribution < -0.4 is 19.5 Å². The summed E-state index contributed by atoms with van der Waals surface area (Å²) in [4.78, 5) is 29.3. The summed E-state index contributed by atoms with van der Waals surface area (Å²) in [5.74, 6) is -0.277. The molecule has 1 amide bonds. The second-order valence-corrected chi connectivity index (χ2v) is 9.89. The SMILES string of the molecule is Cc1ccccc1OCCOc1ccc(C2C(C(=O)c3cccs3)=C([O-])C(=O)N2CC[NH+](C)C)cc1. The lowest BCUT2D eigenvalue weighted by atomic mass is 9.95. The highest BCUT2D eigenvalue weighted by molar-refractivity contribution is 7.12. The molecule has 0 radical (unpaired) electrons. The topological polar surface area (TPSA) is 83.3 Å². The van der Waals surface area contributed by atoms with Gasteiger partial charge in [-0.15, -0.1) is 11.3 Å². The number of aryl methyl sites for hydroxylation is 1. The van der Waals surface area contributed by atoms with E-state index in [-0.39, 0.29) is 11.4 Å². The minimum atomic E-state index is -0.725. The van der Waals surface area contributed by atoms with Gasteiger partial charge in [0.1, 0.15) is 24.7 Å². The van der Waals surface area contributed by atoms with Crippen LogP contribution in [0.4, 0.5) is 0 Å². The molecule has 4 rings (SSSR count). The summed E-state index contributed by atoms with van der Waals surface area (Å²) in [6.45, 7) is 3.77. The van der Waals surface area contributed by atoms with Crippen LogP contribution in [-0.4, -0.2) is 57.0 Å². The maximum absolute atomic E-state index is 13.2. The van der Waals surface area contributed by atoms with Crippen molar-refractivity contribution in [3.05, 3.63) is 93.4 Å². The molecule has 8 heteroatoms. The molecule has 188 valence electrons. The first-order valence-corrected chi connectivity index (χ1v) is 12.8. The maximum atomic E-state index is 13.2. The van der Waals surface area contributed by atoms with Gasteiger partial charge in [-0.2, -0.15) is 0 Å². The summed E-state index contributed by atoms with van der Waals surface area (Å²) in [6, 6.07) is 17.7. The van der Waals surface area contributed by atoms with Crippen LogP contribution in [0.25, 0.3) is 0 Å². The second kappa shape index (κ2) is 11.4. The number of rotatable bonds is 11. The van der Waals surface area contributed by atoms with E-state index in [0.717, 1.165) is 16.2 Å². The quantitative estimate of drug-likeness (QED) is 0.318. The molecule has 0 spiro atoms. The number of ketones is 1. The number of carbonyl (C=O) groups excluding carboxylic acids is 2. The van der Waals surface area contributed by atoms with E-state index < -0.39 is 17.7 Å². The summed E-state index contributed by atoms with van der Waals surface area (Å²) >= 11 is 1.26. The smallest absolute Gasteiger partial charge is 0.240 e. The predicted molar refractivity (Wildman–Crippen MR) is 136 cm³/mol. The normalized spacial score (nSPS) is 15.6. The van der Waals surface area contributed by atoms with Crippen molar-refractivity contribution in [1.29, 1.82) is 0 Å². The molecule has 0 saturated heterocycles. The molecule has 3 aromatic rings. The van der Waals surface area contributed by atoms with E-state index in [0.29, 0.717) is 42.5 Å². The van der Waals surface area contributed by atoms with Crippen molar-refractivity contribution in [3.63, 3.8) is 0 Å². The molecule has 0 bridgehead atoms. The first-order chi connectivity index (χ1) is 17.4. The Morgan fingerprint density at radius 3 is 2.42 bits per heavy atom. The number of quaternary nitrogens is 1. The number of amides is 1. The summed E-state index contributed by atoms with van der Waals surface area (Å²) in [5, 5.41) is 14.8. The van der Waals surface area contributed by atoms with Crippen molar-refractivity contribution < 1.29 is 29.1 Å². The first-order valence-electron chi connectivity index (χ1n) is 11.9. The van der Waals surface area contributed by atoms with Crippen LogP contribution in [0.1, 0.15) is 26.8 Å². The van der Waals surface area contributed by atoms with E-state index >= 15 is 0 Å². The van der Waals surface area contributed by atoms with Gasteiger partial charge in [0, 0.05) is 5.57 Å². The molecule has 1 N–H and O–H groups in total. The zero-order valence-corrected chi connectivity index (χ0v) is 21.5. The number of nitrogens with zero attached hydrogens (tertiary/aromatic N) is 1. The van der Waals surface area contributed by atoms with E-state index in [4.69, 9.17) is 9.47 Å². The molecule has 1 unspecified atom stereocenters. The molecular formula is C28H30N2O5S. The van der Waals surface area contributed by atoms with Gasteiger partial charge in [0.05, 0.1) is 38.1 Å². The summed E-state index contributed by atoms with van der Waals surface area (Å²) in [5.41, 5.74) is 1.77. The van der Waals surface area contributed by atoms with Gasteiger partial charge >= 0.3 is 0 Å². The van der Waals surface area contributed by atoms with E-state index in [1.165, 1.54) is 16.2 Å². The average Bonchev–Trinajstić information content (AvgIpc) is 3.49. The van der Waals surface area contributed by atoms with E-state index in [1.807, 2.05) is 57.4 Å². The number of ether oxygens (including phenoxy) is 2. The van der Waals surface area contributed by atoms with Crippen molar-refractivity contribution in [2.24, 2.45) is 0 Å². The van der Waals surface area contributed by atoms with Gasteiger partial charge in [-0.3, -0.25) is 9.59 Å². The molecule has 36 heavy (non-hydrogen) atoms. The molecule has 2 heterocycles. The van der Waals surface area contributed by atoms with Crippen LogP contribution in [0.5, 0.6) is 11.5 Å². The number of carbonyl (C=O) groups is 2. The summed E-state index contributed by atoms with van der Waals surface area (Å²) in [7, 11) is 3.96. The Hall–Kier alpha value is -3.62. The first kappa shape index (κ1) is 25.5. The van der Waals surface area contributed by atoms with Gasteiger partial charge in [-0.05, 0) is 53.5 Å². The van der Waals surface area contributed by atoms with Crippen LogP contribution >= 0.6 is 11.3 Å². The molecule has 0 fully saturated rings. The fourth-order valence-electron chi connectivity index (χ4n) is 4.11. The molecule has 1 atom stereocenters. The lowest BCUT2D eigenvalue weighted by Crippen LogP contribution is -3.06. The number of thiophene rings is 1. The highest BCUT2D eigenvalue weighted by Crippen LogP contribution is 2.38. The highest BCUT2D eigenvalue weighted by Gasteiger charge is 2.39. The zero-order valence-electron chi connectivity index (χ0n) is 20.7. The Kier molecular flexibility index (Phi) is 8.07. The Balaban J connectivity index is 1.49. The van der Waals surface area contributed by atoms with Gasteiger partial charge in [0.15, 0.2) is 0 Å². The lowest BCUT2D eigenvalue weighted by molar-refractivity contribution is -0.857. The molecule has 1 aliphatic heterocycles. The number of benzene rings is 2. The lowest BCUT2D eigenvalue weighted by Gasteiger charge is -2.28. The second-order valence-electron chi connectivity index (χ2n) is 8.94. The minimum Gasteiger partial charge on any atom is -0.868 e. The largest absolute Gasteiger partial charge is 0.868 e. The van der Waals surface area contributed by atoms with Gasteiger partial charge in [-0.1, -0.05) is 36.4 Å². The molecule has 1 aliphatic rings. The van der Waals surface area contributed by atoms with Gasteiger partial charge in [-0.25, -0.2) is 0 Å². The number of Topliss-reactive ketones (excluding diaryl/α,β-unsaturated/α-hetero) is 1. The number of hydrogen-bond acceptors (Lipinski definition) is 6. The summed E-state index contributed by atoms with van der Waals surface area (Å²) in [6.07, 6.45) is 0. The highest BCUT2D eigenvalue weighted by atomic mass is 32.1. The predicted octanol–water partition coefficient (Wildman–Crippen LogP) is 2.04. The van der Waals surface area contributed by atoms with Crippen molar-refractivity contribution in [1.82, 2.24) is 4.90 Å². The minimum absolute atomic E-state index is 0.0107. The zero-order chi connectivity index (χ0) is 25.7. The van der Waals surface area contributed by atoms with Crippen molar-refractivity contribution in [2.75, 3.05) is 40.4 Å².